The predicted molar refractivity (Wildman–Crippen MR) is 112 cm³/mol. The molecule has 0 atom stereocenters. The van der Waals surface area contributed by atoms with Gasteiger partial charge in [-0.1, -0.05) is 0 Å². The first-order valence-corrected chi connectivity index (χ1v) is 9.54. The van der Waals surface area contributed by atoms with Gasteiger partial charge in [-0.25, -0.2) is 0 Å². The number of ether oxygens (including phenoxy) is 1. The minimum absolute atomic E-state index is 0.142. The van der Waals surface area contributed by atoms with Gasteiger partial charge in [-0.2, -0.15) is 10.2 Å². The fourth-order valence-electron chi connectivity index (χ4n) is 2.82. The average molecular weight is 422 g/mol. The molecule has 160 valence electrons. The second kappa shape index (κ2) is 8.07. The van der Waals surface area contributed by atoms with Gasteiger partial charge in [0.25, 0.3) is 5.91 Å². The molecule has 0 aliphatic heterocycles. The molecule has 0 aliphatic carbocycles. The highest BCUT2D eigenvalue weighted by Gasteiger charge is 2.19. The van der Waals surface area contributed by atoms with Crippen molar-refractivity contribution in [1.82, 2.24) is 25.0 Å². The summed E-state index contributed by atoms with van der Waals surface area (Å²) in [5, 5.41) is 23.6. The Balaban J connectivity index is 1.50. The molecule has 0 radical (unpaired) electrons. The maximum atomic E-state index is 12.7. The summed E-state index contributed by atoms with van der Waals surface area (Å²) in [6.07, 6.45) is 6.53. The number of pyridine rings is 1. The van der Waals surface area contributed by atoms with E-state index in [1.807, 2.05) is 0 Å². The summed E-state index contributed by atoms with van der Waals surface area (Å²) in [5.41, 5.74) is 1.36. The third kappa shape index (κ3) is 4.81. The number of rotatable bonds is 7. The molecule has 4 rings (SSSR count). The first-order valence-electron chi connectivity index (χ1n) is 9.54. The summed E-state index contributed by atoms with van der Waals surface area (Å²) in [6.45, 7) is 3.46. The highest BCUT2D eigenvalue weighted by molar-refractivity contribution is 6.04. The lowest BCUT2D eigenvalue weighted by Gasteiger charge is -2.17. The van der Waals surface area contributed by atoms with Crippen molar-refractivity contribution in [3.8, 4) is 28.5 Å². The fourth-order valence-corrected chi connectivity index (χ4v) is 2.82. The number of H-pyrrole nitrogens is 1. The number of hydrogen-bond donors (Lipinski definition) is 3. The normalized spacial score (nSPS) is 11.5. The Morgan fingerprint density at radius 1 is 1.29 bits per heavy atom. The molecule has 0 aromatic carbocycles. The molecule has 0 bridgehead atoms. The molecule has 0 aliphatic rings. The molecule has 0 fully saturated rings. The van der Waals surface area contributed by atoms with Crippen LogP contribution in [0.15, 0.2) is 53.5 Å². The van der Waals surface area contributed by atoms with E-state index in [1.165, 1.54) is 0 Å². The topological polar surface area (TPSA) is 131 Å². The SMILES string of the molecule is Cn1cc(NC(=O)c2ccc(-c3cn[nH]c3)o2)c(-c2ccc(OCC(C)(C)O)cn2)n1. The summed E-state index contributed by atoms with van der Waals surface area (Å²) in [4.78, 5) is 17.1. The van der Waals surface area contributed by atoms with Crippen LogP contribution in [0.3, 0.4) is 0 Å². The molecule has 4 aromatic heterocycles. The molecule has 4 aromatic rings. The van der Waals surface area contributed by atoms with E-state index < -0.39 is 11.5 Å². The van der Waals surface area contributed by atoms with Crippen molar-refractivity contribution >= 4 is 11.6 Å². The monoisotopic (exact) mass is 422 g/mol. The van der Waals surface area contributed by atoms with Crippen molar-refractivity contribution < 1.29 is 19.1 Å². The number of aryl methyl sites for hydroxylation is 1. The van der Waals surface area contributed by atoms with Crippen LogP contribution in [-0.2, 0) is 7.05 Å². The second-order valence-corrected chi connectivity index (χ2v) is 7.65. The molecule has 1 amide bonds. The third-order valence-corrected chi connectivity index (χ3v) is 4.26. The Morgan fingerprint density at radius 3 is 2.81 bits per heavy atom. The number of aliphatic hydroxyl groups is 1. The molecule has 3 N–H and O–H groups in total. The van der Waals surface area contributed by atoms with Crippen molar-refractivity contribution in [3.63, 3.8) is 0 Å². The Hall–Kier alpha value is -3.92. The van der Waals surface area contributed by atoms with Crippen LogP contribution in [0.25, 0.3) is 22.7 Å². The number of hydrogen-bond acceptors (Lipinski definition) is 7. The first kappa shape index (κ1) is 20.4. The molecule has 0 unspecified atom stereocenters. The highest BCUT2D eigenvalue weighted by Crippen LogP contribution is 2.27. The van der Waals surface area contributed by atoms with E-state index in [4.69, 9.17) is 9.15 Å². The zero-order chi connectivity index (χ0) is 22.0. The lowest BCUT2D eigenvalue weighted by molar-refractivity contribution is 0.0284. The van der Waals surface area contributed by atoms with Gasteiger partial charge in [-0.05, 0) is 38.1 Å². The molecule has 0 saturated carbocycles. The van der Waals surface area contributed by atoms with Gasteiger partial charge in [0.1, 0.15) is 23.8 Å². The number of aromatic nitrogens is 5. The van der Waals surface area contributed by atoms with Crippen LogP contribution in [0.4, 0.5) is 5.69 Å². The minimum atomic E-state index is -0.944. The number of anilines is 1. The second-order valence-electron chi connectivity index (χ2n) is 7.65. The van der Waals surface area contributed by atoms with Crippen molar-refractivity contribution in [2.75, 3.05) is 11.9 Å². The molecule has 0 spiro atoms. The lowest BCUT2D eigenvalue weighted by Crippen LogP contribution is -2.27. The van der Waals surface area contributed by atoms with E-state index in [2.05, 4.69) is 25.6 Å². The zero-order valence-electron chi connectivity index (χ0n) is 17.3. The average Bonchev–Trinajstić information content (AvgIpc) is 3.47. The van der Waals surface area contributed by atoms with E-state index >= 15 is 0 Å². The van der Waals surface area contributed by atoms with E-state index in [0.29, 0.717) is 28.6 Å². The van der Waals surface area contributed by atoms with Crippen LogP contribution in [0, 0.1) is 0 Å². The van der Waals surface area contributed by atoms with Gasteiger partial charge in [0.2, 0.25) is 0 Å². The molecule has 4 heterocycles. The first-order chi connectivity index (χ1) is 14.8. The van der Waals surface area contributed by atoms with Gasteiger partial charge in [-0.15, -0.1) is 0 Å². The lowest BCUT2D eigenvalue weighted by atomic mass is 10.2. The van der Waals surface area contributed by atoms with Gasteiger partial charge in [-0.3, -0.25) is 19.6 Å². The zero-order valence-corrected chi connectivity index (χ0v) is 17.3. The predicted octanol–water partition coefficient (Wildman–Crippen LogP) is 2.87. The number of aromatic amines is 1. The van der Waals surface area contributed by atoms with Gasteiger partial charge in [0.15, 0.2) is 5.76 Å². The summed E-state index contributed by atoms with van der Waals surface area (Å²) in [7, 11) is 1.75. The number of carbonyl (C=O) groups is 1. The van der Waals surface area contributed by atoms with Gasteiger partial charge >= 0.3 is 0 Å². The Labute approximate surface area is 177 Å². The van der Waals surface area contributed by atoms with Gasteiger partial charge in [0, 0.05) is 19.4 Å². The molecule has 10 heteroatoms. The molecule has 10 nitrogen and oxygen atoms in total. The van der Waals surface area contributed by atoms with Gasteiger partial charge < -0.3 is 19.6 Å². The highest BCUT2D eigenvalue weighted by atomic mass is 16.5. The van der Waals surface area contributed by atoms with Crippen LogP contribution < -0.4 is 10.1 Å². The smallest absolute Gasteiger partial charge is 0.291 e. The number of amides is 1. The van der Waals surface area contributed by atoms with Crippen LogP contribution >= 0.6 is 0 Å². The maximum absolute atomic E-state index is 12.7. The number of nitrogens with one attached hydrogen (secondary N) is 2. The Kier molecular flexibility index (Phi) is 5.30. The van der Waals surface area contributed by atoms with Crippen LogP contribution in [-0.4, -0.2) is 48.2 Å². The third-order valence-electron chi connectivity index (χ3n) is 4.26. The standard InChI is InChI=1S/C21H22N6O4/c1-21(2,29)12-30-14-4-5-15(22-10-14)19-16(11-27(3)26-19)25-20(28)18-7-6-17(31-18)13-8-23-24-9-13/h4-11,29H,12H2,1-3H3,(H,23,24)(H,25,28). The van der Waals surface area contributed by atoms with Gasteiger partial charge in [0.05, 0.1) is 34.9 Å². The van der Waals surface area contributed by atoms with Crippen molar-refractivity contribution in [3.05, 3.63) is 54.8 Å². The number of carbonyl (C=O) groups excluding carboxylic acids is 1. The Morgan fingerprint density at radius 2 is 2.13 bits per heavy atom. The number of nitrogens with zero attached hydrogens (tertiary/aromatic N) is 4. The summed E-state index contributed by atoms with van der Waals surface area (Å²) >= 11 is 0. The van der Waals surface area contributed by atoms with Crippen LogP contribution in [0.5, 0.6) is 5.75 Å². The molecular formula is C21H22N6O4. The minimum Gasteiger partial charge on any atom is -0.489 e. The number of furan rings is 1. The van der Waals surface area contributed by atoms with Crippen LogP contribution in [0.2, 0.25) is 0 Å². The maximum Gasteiger partial charge on any atom is 0.291 e. The fraction of sp³-hybridized carbons (Fsp3) is 0.238. The Bertz CT molecular complexity index is 1170. The summed E-state index contributed by atoms with van der Waals surface area (Å²) in [5.74, 6) is 0.812. The molecular weight excluding hydrogens is 400 g/mol. The van der Waals surface area contributed by atoms with E-state index in [9.17, 15) is 9.90 Å². The van der Waals surface area contributed by atoms with E-state index in [1.54, 1.807) is 74.6 Å². The summed E-state index contributed by atoms with van der Waals surface area (Å²) < 4.78 is 12.7. The van der Waals surface area contributed by atoms with E-state index in [-0.39, 0.29) is 12.4 Å². The van der Waals surface area contributed by atoms with Crippen molar-refractivity contribution in [1.29, 1.82) is 0 Å². The molecule has 31 heavy (non-hydrogen) atoms. The van der Waals surface area contributed by atoms with Crippen LogP contribution in [0.1, 0.15) is 24.4 Å². The summed E-state index contributed by atoms with van der Waals surface area (Å²) in [6, 6.07) is 6.78. The molecule has 0 saturated heterocycles. The van der Waals surface area contributed by atoms with Crippen molar-refractivity contribution in [2.24, 2.45) is 7.05 Å². The van der Waals surface area contributed by atoms with E-state index in [0.717, 1.165) is 5.56 Å². The van der Waals surface area contributed by atoms with Crippen molar-refractivity contribution in [2.45, 2.75) is 19.4 Å². The quantitative estimate of drug-likeness (QED) is 0.417. The largest absolute Gasteiger partial charge is 0.489 e.